The monoisotopic (exact) mass is 555 g/mol. The molecule has 0 aliphatic heterocycles. The lowest BCUT2D eigenvalue weighted by Crippen LogP contribution is -2.49. The van der Waals surface area contributed by atoms with E-state index in [0.717, 1.165) is 37.7 Å². The van der Waals surface area contributed by atoms with Gasteiger partial charge in [0.05, 0.1) is 28.7 Å². The highest BCUT2D eigenvalue weighted by Crippen LogP contribution is 2.39. The minimum absolute atomic E-state index is 0.0844. The molecule has 0 spiro atoms. The van der Waals surface area contributed by atoms with E-state index >= 15 is 0 Å². The average molecular weight is 556 g/mol. The summed E-state index contributed by atoms with van der Waals surface area (Å²) in [4.78, 5) is 56.3. The van der Waals surface area contributed by atoms with Crippen LogP contribution in [0.2, 0.25) is 0 Å². The SMILES string of the molecule is Cc1c(NC(=O)[C@H](CCCN=C(N)N)NC(=O)[C@H](C)N)c2c(C(=O)[C@H](C)N)c(C3CCCCC3)ccc2oc1=O. The third kappa shape index (κ3) is 7.24. The molecule has 0 radical (unpaired) electrons. The number of Topliss-reactive ketones (excluding diaryl/α,β-unsaturated/α-hetero) is 1. The lowest BCUT2D eigenvalue weighted by atomic mass is 9.79. The van der Waals surface area contributed by atoms with Crippen molar-refractivity contribution in [3.8, 4) is 0 Å². The Balaban J connectivity index is 2.13. The van der Waals surface area contributed by atoms with E-state index in [1.54, 1.807) is 13.0 Å². The fraction of sp³-hybridized carbons (Fsp3) is 0.536. The molecule has 1 aromatic heterocycles. The second-order valence-corrected chi connectivity index (χ2v) is 10.6. The summed E-state index contributed by atoms with van der Waals surface area (Å²) in [6.45, 7) is 4.87. The molecular weight excluding hydrogens is 514 g/mol. The van der Waals surface area contributed by atoms with Crippen LogP contribution in [0.25, 0.3) is 11.0 Å². The van der Waals surface area contributed by atoms with E-state index in [1.165, 1.54) is 13.8 Å². The summed E-state index contributed by atoms with van der Waals surface area (Å²) >= 11 is 0. The normalized spacial score (nSPS) is 16.1. The molecule has 2 amide bonds. The highest BCUT2D eigenvalue weighted by atomic mass is 16.4. The first-order chi connectivity index (χ1) is 18.9. The number of amides is 2. The molecule has 218 valence electrons. The molecule has 0 bridgehead atoms. The molecule has 0 unspecified atom stereocenters. The van der Waals surface area contributed by atoms with E-state index in [2.05, 4.69) is 15.6 Å². The summed E-state index contributed by atoms with van der Waals surface area (Å²) < 4.78 is 5.56. The molecule has 2 aromatic rings. The van der Waals surface area contributed by atoms with Crippen LogP contribution in [0.1, 0.15) is 86.2 Å². The summed E-state index contributed by atoms with van der Waals surface area (Å²) in [5.41, 5.74) is 23.5. The number of nitrogens with one attached hydrogen (secondary N) is 2. The maximum Gasteiger partial charge on any atom is 0.341 e. The van der Waals surface area contributed by atoms with Gasteiger partial charge in [0, 0.05) is 12.1 Å². The first-order valence-electron chi connectivity index (χ1n) is 13.7. The molecule has 1 aliphatic rings. The van der Waals surface area contributed by atoms with E-state index in [1.807, 2.05) is 6.07 Å². The number of hydrogen-bond acceptors (Lipinski definition) is 8. The maximum absolute atomic E-state index is 13.6. The number of carbonyl (C=O) groups excluding carboxylic acids is 3. The van der Waals surface area contributed by atoms with Crippen molar-refractivity contribution in [3.63, 3.8) is 0 Å². The van der Waals surface area contributed by atoms with Gasteiger partial charge in [-0.1, -0.05) is 25.3 Å². The van der Waals surface area contributed by atoms with Gasteiger partial charge in [0.15, 0.2) is 11.7 Å². The molecule has 12 nitrogen and oxygen atoms in total. The molecule has 1 saturated carbocycles. The average Bonchev–Trinajstić information content (AvgIpc) is 2.91. The molecule has 10 N–H and O–H groups in total. The summed E-state index contributed by atoms with van der Waals surface area (Å²) in [5, 5.41) is 5.80. The van der Waals surface area contributed by atoms with Crippen LogP contribution < -0.4 is 39.2 Å². The highest BCUT2D eigenvalue weighted by Gasteiger charge is 2.30. The zero-order valence-electron chi connectivity index (χ0n) is 23.4. The van der Waals surface area contributed by atoms with Gasteiger partial charge in [-0.2, -0.15) is 0 Å². The van der Waals surface area contributed by atoms with Crippen LogP contribution in [0.5, 0.6) is 0 Å². The van der Waals surface area contributed by atoms with Crippen molar-refractivity contribution in [2.24, 2.45) is 27.9 Å². The third-order valence-electron chi connectivity index (χ3n) is 7.28. The van der Waals surface area contributed by atoms with Crippen molar-refractivity contribution in [1.29, 1.82) is 0 Å². The summed E-state index contributed by atoms with van der Waals surface area (Å²) in [6.07, 6.45) is 5.63. The first kappa shape index (κ1) is 30.8. The second-order valence-electron chi connectivity index (χ2n) is 10.6. The van der Waals surface area contributed by atoms with Gasteiger partial charge in [0.2, 0.25) is 11.8 Å². The number of carbonyl (C=O) groups is 3. The van der Waals surface area contributed by atoms with E-state index in [-0.39, 0.29) is 47.5 Å². The van der Waals surface area contributed by atoms with Crippen molar-refractivity contribution in [2.45, 2.75) is 89.8 Å². The van der Waals surface area contributed by atoms with Crippen molar-refractivity contribution in [2.75, 3.05) is 11.9 Å². The van der Waals surface area contributed by atoms with Crippen LogP contribution in [0.4, 0.5) is 5.69 Å². The van der Waals surface area contributed by atoms with Crippen LogP contribution >= 0.6 is 0 Å². The Hall–Kier alpha value is -3.77. The number of nitrogens with two attached hydrogens (primary N) is 4. The standard InChI is InChI=1S/C28H41N7O5/c1-14-23(35-26(38)19(34-25(37)16(3)30)10-7-13-33-28(31)32)22-20(40-27(14)39)12-11-18(17-8-5-4-6-9-17)21(22)24(36)15(2)29/h11-12,15-17,19H,4-10,13,29-30H2,1-3H3,(H,34,37)(H,35,38)(H4,31,32,33)/t15-,16-,19-/m0/s1. The number of nitrogens with zero attached hydrogens (tertiary/aromatic N) is 1. The van der Waals surface area contributed by atoms with Gasteiger partial charge < -0.3 is 38.0 Å². The van der Waals surface area contributed by atoms with Crippen LogP contribution in [0.3, 0.4) is 0 Å². The zero-order valence-corrected chi connectivity index (χ0v) is 23.4. The molecule has 1 aliphatic carbocycles. The van der Waals surface area contributed by atoms with Crippen molar-refractivity contribution >= 4 is 40.2 Å². The molecule has 3 atom stereocenters. The number of fused-ring (bicyclic) bond motifs is 1. The smallest absolute Gasteiger partial charge is 0.341 e. The molecule has 40 heavy (non-hydrogen) atoms. The van der Waals surface area contributed by atoms with Crippen molar-refractivity contribution in [1.82, 2.24) is 5.32 Å². The number of guanidine groups is 1. The summed E-state index contributed by atoms with van der Waals surface area (Å²) in [7, 11) is 0. The minimum atomic E-state index is -1.01. The number of hydrogen-bond donors (Lipinski definition) is 6. The zero-order chi connectivity index (χ0) is 29.6. The van der Waals surface area contributed by atoms with Gasteiger partial charge in [0.1, 0.15) is 11.6 Å². The van der Waals surface area contributed by atoms with E-state index in [4.69, 9.17) is 27.4 Å². The Morgan fingerprint density at radius 3 is 2.33 bits per heavy atom. The molecule has 1 fully saturated rings. The summed E-state index contributed by atoms with van der Waals surface area (Å²) in [6, 6.07) is 0.805. The number of benzene rings is 1. The topological polar surface area (TPSA) is 222 Å². The fourth-order valence-electron chi connectivity index (χ4n) is 5.09. The lowest BCUT2D eigenvalue weighted by Gasteiger charge is -2.26. The van der Waals surface area contributed by atoms with Gasteiger partial charge in [-0.05, 0) is 64.0 Å². The van der Waals surface area contributed by atoms with Crippen molar-refractivity contribution < 1.29 is 18.8 Å². The highest BCUT2D eigenvalue weighted by molar-refractivity contribution is 6.16. The lowest BCUT2D eigenvalue weighted by molar-refractivity contribution is -0.127. The van der Waals surface area contributed by atoms with Crippen molar-refractivity contribution in [3.05, 3.63) is 39.2 Å². The number of ketones is 1. The van der Waals surface area contributed by atoms with E-state index in [9.17, 15) is 19.2 Å². The summed E-state index contributed by atoms with van der Waals surface area (Å²) in [5.74, 6) is -1.37. The van der Waals surface area contributed by atoms with Gasteiger partial charge in [-0.3, -0.25) is 19.4 Å². The maximum atomic E-state index is 13.6. The van der Waals surface area contributed by atoms with Gasteiger partial charge >= 0.3 is 5.63 Å². The molecule has 0 saturated heterocycles. The quantitative estimate of drug-likeness (QED) is 0.0776. The predicted octanol–water partition coefficient (Wildman–Crippen LogP) is 1.50. The number of anilines is 1. The number of rotatable bonds is 11. The van der Waals surface area contributed by atoms with E-state index < -0.39 is 35.6 Å². The predicted molar refractivity (Wildman–Crippen MR) is 155 cm³/mol. The Morgan fingerprint density at radius 2 is 1.73 bits per heavy atom. The van der Waals surface area contributed by atoms with E-state index in [0.29, 0.717) is 17.4 Å². The van der Waals surface area contributed by atoms with Crippen LogP contribution in [0, 0.1) is 6.92 Å². The largest absolute Gasteiger partial charge is 0.422 e. The van der Waals surface area contributed by atoms with Gasteiger partial charge in [-0.15, -0.1) is 0 Å². The Labute approximate surface area is 233 Å². The molecule has 1 aromatic carbocycles. The van der Waals surface area contributed by atoms with Gasteiger partial charge in [0.25, 0.3) is 0 Å². The fourth-order valence-corrected chi connectivity index (χ4v) is 5.09. The Kier molecular flexibility index (Phi) is 10.4. The molecule has 1 heterocycles. The minimum Gasteiger partial charge on any atom is -0.422 e. The van der Waals surface area contributed by atoms with Gasteiger partial charge in [-0.25, -0.2) is 4.79 Å². The third-order valence-corrected chi connectivity index (χ3v) is 7.28. The molecule has 12 heteroatoms. The number of aliphatic imine (C=N–C) groups is 1. The Morgan fingerprint density at radius 1 is 1.05 bits per heavy atom. The molecule has 3 rings (SSSR count). The first-order valence-corrected chi connectivity index (χ1v) is 13.7. The second kappa shape index (κ2) is 13.5. The molecular formula is C28H41N7O5. The van der Waals surface area contributed by atoms with Crippen LogP contribution in [-0.2, 0) is 9.59 Å². The Bertz CT molecular complexity index is 1340. The van der Waals surface area contributed by atoms with Crippen LogP contribution in [-0.4, -0.2) is 48.2 Å². The van der Waals surface area contributed by atoms with Crippen LogP contribution in [0.15, 0.2) is 26.3 Å².